The fraction of sp³-hybridized carbons (Fsp3) is 0.407. The monoisotopic (exact) mass is 528 g/mol. The lowest BCUT2D eigenvalue weighted by Gasteiger charge is -2.36. The van der Waals surface area contributed by atoms with Crippen molar-refractivity contribution in [2.24, 2.45) is 10.9 Å². The van der Waals surface area contributed by atoms with Gasteiger partial charge in [-0.1, -0.05) is 61.3 Å². The standard InChI is InChI=1S/C27H30Cl2N4OS/c1-15(2)23-25(26(34)32-13-16(3)30-17(4)14-32)35-27-31-22(18-5-9-20(28)10-6-18)24(33(23)27)19-7-11-21(29)12-8-19/h5-12,15-17,22,24,30H,13-14H2,1-4H3/t16-,17+,22?,24?. The number of amides is 1. The van der Waals surface area contributed by atoms with Crippen molar-refractivity contribution in [1.82, 2.24) is 15.1 Å². The van der Waals surface area contributed by atoms with E-state index in [4.69, 9.17) is 28.2 Å². The van der Waals surface area contributed by atoms with Gasteiger partial charge in [-0.2, -0.15) is 0 Å². The number of piperazine rings is 1. The lowest BCUT2D eigenvalue weighted by Crippen LogP contribution is -2.56. The highest BCUT2D eigenvalue weighted by Crippen LogP contribution is 2.53. The molecule has 5 rings (SSSR count). The summed E-state index contributed by atoms with van der Waals surface area (Å²) in [5, 5.41) is 5.80. The van der Waals surface area contributed by atoms with Crippen molar-refractivity contribution in [3.63, 3.8) is 0 Å². The predicted molar refractivity (Wildman–Crippen MR) is 146 cm³/mol. The number of thioether (sulfide) groups is 1. The first-order chi connectivity index (χ1) is 16.7. The molecule has 0 radical (unpaired) electrons. The summed E-state index contributed by atoms with van der Waals surface area (Å²) in [4.78, 5) is 24.1. The largest absolute Gasteiger partial charge is 0.335 e. The van der Waals surface area contributed by atoms with Crippen molar-refractivity contribution in [3.05, 3.63) is 80.3 Å². The highest BCUT2D eigenvalue weighted by atomic mass is 35.5. The Morgan fingerprint density at radius 2 is 1.51 bits per heavy atom. The molecule has 2 unspecified atom stereocenters. The number of aliphatic imine (C=N–C) groups is 1. The molecule has 2 aromatic carbocycles. The van der Waals surface area contributed by atoms with E-state index >= 15 is 0 Å². The zero-order valence-corrected chi connectivity index (χ0v) is 22.7. The minimum Gasteiger partial charge on any atom is -0.335 e. The first-order valence-corrected chi connectivity index (χ1v) is 13.7. The zero-order valence-electron chi connectivity index (χ0n) is 20.3. The number of amidine groups is 1. The third-order valence-electron chi connectivity index (χ3n) is 6.73. The van der Waals surface area contributed by atoms with Gasteiger partial charge in [-0.05, 0) is 66.9 Å². The molecule has 4 atom stereocenters. The number of halogens is 2. The molecule has 0 spiro atoms. The van der Waals surface area contributed by atoms with E-state index in [1.165, 1.54) is 11.8 Å². The molecule has 35 heavy (non-hydrogen) atoms. The lowest BCUT2D eigenvalue weighted by molar-refractivity contribution is -0.128. The molecule has 1 amide bonds. The molecule has 0 saturated carbocycles. The fourth-order valence-electron chi connectivity index (χ4n) is 5.33. The Labute approximate surface area is 221 Å². The van der Waals surface area contributed by atoms with Crippen molar-refractivity contribution in [2.75, 3.05) is 13.1 Å². The summed E-state index contributed by atoms with van der Waals surface area (Å²) >= 11 is 13.9. The van der Waals surface area contributed by atoms with Crippen LogP contribution in [0.4, 0.5) is 0 Å². The molecule has 1 saturated heterocycles. The van der Waals surface area contributed by atoms with Crippen LogP contribution in [-0.2, 0) is 4.79 Å². The van der Waals surface area contributed by atoms with Crippen molar-refractivity contribution in [3.8, 4) is 0 Å². The summed E-state index contributed by atoms with van der Waals surface area (Å²) in [7, 11) is 0. The van der Waals surface area contributed by atoms with Gasteiger partial charge in [0, 0.05) is 40.9 Å². The maximum Gasteiger partial charge on any atom is 0.262 e. The van der Waals surface area contributed by atoms with E-state index < -0.39 is 0 Å². The van der Waals surface area contributed by atoms with Gasteiger partial charge in [0.25, 0.3) is 5.91 Å². The van der Waals surface area contributed by atoms with Gasteiger partial charge in [0.1, 0.15) is 10.9 Å². The van der Waals surface area contributed by atoms with Gasteiger partial charge in [-0.15, -0.1) is 0 Å². The Balaban J connectivity index is 1.57. The van der Waals surface area contributed by atoms with Gasteiger partial charge in [-0.25, -0.2) is 0 Å². The van der Waals surface area contributed by atoms with Crippen molar-refractivity contribution in [2.45, 2.75) is 51.9 Å². The van der Waals surface area contributed by atoms with Gasteiger partial charge in [0.2, 0.25) is 0 Å². The number of rotatable bonds is 4. The van der Waals surface area contributed by atoms with Crippen LogP contribution in [-0.4, -0.2) is 46.0 Å². The molecule has 5 nitrogen and oxygen atoms in total. The second-order valence-electron chi connectivity index (χ2n) is 9.92. The van der Waals surface area contributed by atoms with Gasteiger partial charge in [0.15, 0.2) is 5.17 Å². The molecule has 3 aliphatic heterocycles. The van der Waals surface area contributed by atoms with E-state index in [9.17, 15) is 4.79 Å². The maximum absolute atomic E-state index is 13.8. The van der Waals surface area contributed by atoms with Crippen molar-refractivity contribution in [1.29, 1.82) is 0 Å². The number of benzene rings is 2. The molecule has 0 aromatic heterocycles. The fourth-order valence-corrected chi connectivity index (χ4v) is 6.90. The van der Waals surface area contributed by atoms with Crippen LogP contribution in [0.25, 0.3) is 0 Å². The number of carbonyl (C=O) groups is 1. The molecule has 8 heteroatoms. The summed E-state index contributed by atoms with van der Waals surface area (Å²) in [6.07, 6.45) is 0. The molecular weight excluding hydrogens is 499 g/mol. The smallest absolute Gasteiger partial charge is 0.262 e. The summed E-state index contributed by atoms with van der Waals surface area (Å²) in [6.45, 7) is 9.99. The SMILES string of the molecule is CC(C)C1=C(C(=O)N2C[C@@H](C)N[C@@H](C)C2)SC2=NC(c3ccc(Cl)cc3)C(c3ccc(Cl)cc3)N21. The highest BCUT2D eigenvalue weighted by molar-refractivity contribution is 8.18. The highest BCUT2D eigenvalue weighted by Gasteiger charge is 2.47. The molecular formula is C27H30Cl2N4OS. The topological polar surface area (TPSA) is 47.9 Å². The van der Waals surface area contributed by atoms with Crippen LogP contribution in [0.1, 0.15) is 50.9 Å². The number of carbonyl (C=O) groups excluding carboxylic acids is 1. The van der Waals surface area contributed by atoms with Crippen LogP contribution in [0.15, 0.2) is 64.1 Å². The predicted octanol–water partition coefficient (Wildman–Crippen LogP) is 6.27. The maximum atomic E-state index is 13.8. The molecule has 3 aliphatic rings. The second kappa shape index (κ2) is 9.81. The van der Waals surface area contributed by atoms with Crippen LogP contribution in [0.3, 0.4) is 0 Å². The average molecular weight is 530 g/mol. The molecule has 184 valence electrons. The molecule has 2 aromatic rings. The molecule has 0 bridgehead atoms. The number of nitrogens with zero attached hydrogens (tertiary/aromatic N) is 3. The van der Waals surface area contributed by atoms with Crippen LogP contribution in [0, 0.1) is 5.92 Å². The van der Waals surface area contributed by atoms with Crippen LogP contribution in [0.2, 0.25) is 10.0 Å². The van der Waals surface area contributed by atoms with E-state index in [1.807, 2.05) is 41.3 Å². The first kappa shape index (κ1) is 24.7. The number of hydrogen-bond donors (Lipinski definition) is 1. The van der Waals surface area contributed by atoms with Gasteiger partial charge in [0.05, 0.1) is 6.04 Å². The summed E-state index contributed by atoms with van der Waals surface area (Å²) < 4.78 is 0. The Bertz CT molecular complexity index is 1170. The number of nitrogens with one attached hydrogen (secondary N) is 1. The van der Waals surface area contributed by atoms with Crippen LogP contribution >= 0.6 is 35.0 Å². The van der Waals surface area contributed by atoms with E-state index in [0.717, 1.165) is 26.9 Å². The van der Waals surface area contributed by atoms with E-state index in [0.29, 0.717) is 23.1 Å². The number of allylic oxidation sites excluding steroid dienone is 1. The molecule has 3 heterocycles. The summed E-state index contributed by atoms with van der Waals surface area (Å²) in [6, 6.07) is 16.2. The van der Waals surface area contributed by atoms with Gasteiger partial charge in [-0.3, -0.25) is 9.79 Å². The van der Waals surface area contributed by atoms with Gasteiger partial charge < -0.3 is 15.1 Å². The molecule has 1 N–H and O–H groups in total. The quantitative estimate of drug-likeness (QED) is 0.507. The normalized spacial score (nSPS) is 26.4. The van der Waals surface area contributed by atoms with E-state index in [-0.39, 0.29) is 36.0 Å². The Morgan fingerprint density at radius 1 is 0.971 bits per heavy atom. The zero-order chi connectivity index (χ0) is 24.9. The minimum absolute atomic E-state index is 0.0699. The van der Waals surface area contributed by atoms with Crippen molar-refractivity contribution >= 4 is 46.0 Å². The molecule has 0 aliphatic carbocycles. The number of fused-ring (bicyclic) bond motifs is 1. The van der Waals surface area contributed by atoms with Crippen LogP contribution < -0.4 is 5.32 Å². The van der Waals surface area contributed by atoms with E-state index in [1.54, 1.807) is 0 Å². The third kappa shape index (κ3) is 4.74. The lowest BCUT2D eigenvalue weighted by atomic mass is 9.92. The molecule has 1 fully saturated rings. The Kier molecular flexibility index (Phi) is 6.92. The number of hydrogen-bond acceptors (Lipinski definition) is 5. The summed E-state index contributed by atoms with van der Waals surface area (Å²) in [5.41, 5.74) is 3.26. The Morgan fingerprint density at radius 3 is 2.06 bits per heavy atom. The average Bonchev–Trinajstić information content (AvgIpc) is 3.35. The van der Waals surface area contributed by atoms with Gasteiger partial charge >= 0.3 is 0 Å². The minimum atomic E-state index is -0.111. The third-order valence-corrected chi connectivity index (χ3v) is 8.30. The Hall–Kier alpha value is -1.99. The second-order valence-corrected chi connectivity index (χ2v) is 11.8. The van der Waals surface area contributed by atoms with E-state index in [2.05, 4.69) is 50.0 Å². The first-order valence-electron chi connectivity index (χ1n) is 12.1. The van der Waals surface area contributed by atoms with Crippen LogP contribution in [0.5, 0.6) is 0 Å². The van der Waals surface area contributed by atoms with Crippen molar-refractivity contribution < 1.29 is 4.79 Å². The summed E-state index contributed by atoms with van der Waals surface area (Å²) in [5.74, 6) is 0.263.